The largest absolute Gasteiger partial charge is 0.350 e. The number of nitrogens with one attached hydrogen (secondary N) is 3. The Kier molecular flexibility index (Phi) is 5.50. The van der Waals surface area contributed by atoms with Gasteiger partial charge in [-0.2, -0.15) is 10.1 Å². The smallest absolute Gasteiger partial charge is 0.274 e. The zero-order valence-electron chi connectivity index (χ0n) is 14.3. The van der Waals surface area contributed by atoms with E-state index in [2.05, 4.69) is 25.7 Å². The van der Waals surface area contributed by atoms with Gasteiger partial charge in [-0.3, -0.25) is 10.1 Å². The molecule has 138 valence electrons. The van der Waals surface area contributed by atoms with E-state index in [1.165, 1.54) is 0 Å². The van der Waals surface area contributed by atoms with Crippen molar-refractivity contribution in [2.45, 2.75) is 18.8 Å². The highest BCUT2D eigenvalue weighted by Gasteiger charge is 2.21. The highest BCUT2D eigenvalue weighted by atomic mass is 35.5. The quantitative estimate of drug-likeness (QED) is 0.636. The predicted octanol–water partition coefficient (Wildman–Crippen LogP) is 3.09. The molecule has 3 aromatic rings. The van der Waals surface area contributed by atoms with Crippen molar-refractivity contribution in [3.63, 3.8) is 0 Å². The summed E-state index contributed by atoms with van der Waals surface area (Å²) in [7, 11) is 1.79. The predicted molar refractivity (Wildman–Crippen MR) is 104 cm³/mol. The van der Waals surface area contributed by atoms with E-state index in [4.69, 9.17) is 11.6 Å². The number of halogens is 2. The maximum absolute atomic E-state index is 12.5. The fourth-order valence-corrected chi connectivity index (χ4v) is 3.33. The summed E-state index contributed by atoms with van der Waals surface area (Å²) in [6.07, 6.45) is 2.03. The Balaban J connectivity index is 0.00000196. The normalized spacial score (nSPS) is 15.0. The Morgan fingerprint density at radius 2 is 2.08 bits per heavy atom. The molecule has 7 nitrogen and oxygen atoms in total. The van der Waals surface area contributed by atoms with Gasteiger partial charge in [0.05, 0.1) is 0 Å². The minimum absolute atomic E-state index is 0. The average Bonchev–Trinajstić information content (AvgIpc) is 3.19. The van der Waals surface area contributed by atoms with Crippen molar-refractivity contribution in [1.82, 2.24) is 25.1 Å². The van der Waals surface area contributed by atoms with E-state index in [9.17, 15) is 4.79 Å². The van der Waals surface area contributed by atoms with Crippen LogP contribution in [-0.2, 0) is 7.05 Å². The Hall–Kier alpha value is -2.09. The van der Waals surface area contributed by atoms with Crippen LogP contribution in [0.2, 0.25) is 5.02 Å². The summed E-state index contributed by atoms with van der Waals surface area (Å²) in [5, 5.41) is 12.2. The second-order valence-electron chi connectivity index (χ2n) is 6.31. The van der Waals surface area contributed by atoms with Gasteiger partial charge in [0.1, 0.15) is 5.69 Å². The number of amides is 1. The molecular formula is C17H20Cl2N6O. The van der Waals surface area contributed by atoms with Gasteiger partial charge in [0.15, 0.2) is 5.82 Å². The highest BCUT2D eigenvalue weighted by molar-refractivity contribution is 6.31. The number of anilines is 1. The first-order valence-electron chi connectivity index (χ1n) is 8.31. The van der Waals surface area contributed by atoms with Crippen LogP contribution in [0.4, 0.5) is 5.95 Å². The molecule has 26 heavy (non-hydrogen) atoms. The summed E-state index contributed by atoms with van der Waals surface area (Å²) in [5.74, 6) is 1.34. The number of carbonyl (C=O) groups is 1. The molecule has 9 heteroatoms. The van der Waals surface area contributed by atoms with Crippen LogP contribution in [0.1, 0.15) is 35.1 Å². The van der Waals surface area contributed by atoms with Gasteiger partial charge < -0.3 is 10.3 Å². The molecule has 0 saturated carbocycles. The van der Waals surface area contributed by atoms with Crippen LogP contribution >= 0.6 is 24.0 Å². The number of carbonyl (C=O) groups excluding carboxylic acids is 1. The van der Waals surface area contributed by atoms with Gasteiger partial charge in [-0.15, -0.1) is 12.4 Å². The molecule has 3 N–H and O–H groups in total. The lowest BCUT2D eigenvalue weighted by Crippen LogP contribution is -2.27. The molecule has 2 aromatic heterocycles. The first kappa shape index (κ1) is 18.7. The summed E-state index contributed by atoms with van der Waals surface area (Å²) >= 11 is 5.99. The fraction of sp³-hybridized carbons (Fsp3) is 0.353. The minimum atomic E-state index is -0.250. The molecule has 4 rings (SSSR count). The average molecular weight is 395 g/mol. The summed E-state index contributed by atoms with van der Waals surface area (Å²) in [4.78, 5) is 20.1. The van der Waals surface area contributed by atoms with Crippen LogP contribution in [0.5, 0.6) is 0 Å². The standard InChI is InChI=1S/C17H19ClN6O.ClH/c1-24-17(21-15(23-24)10-4-6-19-7-5-10)22-16(25)14-8-11-2-3-12(18)9-13(11)20-14;/h2-3,8-10,19-20H,4-7H2,1H3,(H,21,22,23,25);1H. The van der Waals surface area contributed by atoms with Crippen LogP contribution in [-0.4, -0.2) is 38.7 Å². The molecule has 1 amide bonds. The maximum atomic E-state index is 12.5. The van der Waals surface area contributed by atoms with Crippen molar-refractivity contribution in [2.24, 2.45) is 7.05 Å². The number of hydrogen-bond acceptors (Lipinski definition) is 4. The van der Waals surface area contributed by atoms with E-state index >= 15 is 0 Å². The molecule has 1 saturated heterocycles. The maximum Gasteiger partial charge on any atom is 0.274 e. The lowest BCUT2D eigenvalue weighted by Gasteiger charge is -2.19. The van der Waals surface area contributed by atoms with Crippen LogP contribution in [0, 0.1) is 0 Å². The molecule has 1 aromatic carbocycles. The monoisotopic (exact) mass is 394 g/mol. The van der Waals surface area contributed by atoms with E-state index in [0.29, 0.717) is 22.6 Å². The lowest BCUT2D eigenvalue weighted by atomic mass is 9.98. The van der Waals surface area contributed by atoms with Crippen molar-refractivity contribution < 1.29 is 4.79 Å². The molecule has 0 atom stereocenters. The van der Waals surface area contributed by atoms with Gasteiger partial charge in [-0.1, -0.05) is 17.7 Å². The molecule has 0 bridgehead atoms. The second kappa shape index (κ2) is 7.65. The Morgan fingerprint density at radius 1 is 1.31 bits per heavy atom. The number of benzene rings is 1. The third-order valence-corrected chi connectivity index (χ3v) is 4.77. The zero-order valence-corrected chi connectivity index (χ0v) is 15.8. The molecule has 0 unspecified atom stereocenters. The number of hydrogen-bond donors (Lipinski definition) is 3. The molecule has 1 aliphatic heterocycles. The first-order chi connectivity index (χ1) is 12.1. The summed E-state index contributed by atoms with van der Waals surface area (Å²) in [5.41, 5.74) is 1.29. The molecule has 0 aliphatic carbocycles. The number of aromatic nitrogens is 4. The zero-order chi connectivity index (χ0) is 17.4. The molecular weight excluding hydrogens is 375 g/mol. The second-order valence-corrected chi connectivity index (χ2v) is 6.75. The van der Waals surface area contributed by atoms with Crippen molar-refractivity contribution in [3.8, 4) is 0 Å². The van der Waals surface area contributed by atoms with Gasteiger partial charge in [0.2, 0.25) is 5.95 Å². The third kappa shape index (κ3) is 3.70. The number of fused-ring (bicyclic) bond motifs is 1. The number of H-pyrrole nitrogens is 1. The minimum Gasteiger partial charge on any atom is -0.350 e. The highest BCUT2D eigenvalue weighted by Crippen LogP contribution is 2.24. The van der Waals surface area contributed by atoms with E-state index in [1.807, 2.05) is 6.07 Å². The number of rotatable bonds is 3. The molecule has 0 spiro atoms. The van der Waals surface area contributed by atoms with Crippen molar-refractivity contribution in [2.75, 3.05) is 18.4 Å². The fourth-order valence-electron chi connectivity index (χ4n) is 3.16. The lowest BCUT2D eigenvalue weighted by molar-refractivity contribution is 0.102. The number of aryl methyl sites for hydroxylation is 1. The van der Waals surface area contributed by atoms with Crippen LogP contribution < -0.4 is 10.6 Å². The SMILES string of the molecule is Cl.Cn1nc(C2CCNCC2)nc1NC(=O)c1cc2ccc(Cl)cc2[nH]1. The summed E-state index contributed by atoms with van der Waals surface area (Å²) < 4.78 is 1.62. The van der Waals surface area contributed by atoms with E-state index in [0.717, 1.165) is 42.7 Å². The molecule has 1 fully saturated rings. The first-order valence-corrected chi connectivity index (χ1v) is 8.69. The summed E-state index contributed by atoms with van der Waals surface area (Å²) in [6, 6.07) is 7.27. The van der Waals surface area contributed by atoms with E-state index < -0.39 is 0 Å². The Morgan fingerprint density at radius 3 is 2.85 bits per heavy atom. The van der Waals surface area contributed by atoms with Gasteiger partial charge >= 0.3 is 0 Å². The third-order valence-electron chi connectivity index (χ3n) is 4.54. The van der Waals surface area contributed by atoms with Crippen LogP contribution in [0.15, 0.2) is 24.3 Å². The van der Waals surface area contributed by atoms with Gasteiger partial charge in [-0.05, 0) is 44.1 Å². The molecule has 0 radical (unpaired) electrons. The number of aromatic amines is 1. The van der Waals surface area contributed by atoms with Crippen molar-refractivity contribution in [1.29, 1.82) is 0 Å². The van der Waals surface area contributed by atoms with Gasteiger partial charge in [0, 0.05) is 28.9 Å². The van der Waals surface area contributed by atoms with Crippen LogP contribution in [0.25, 0.3) is 10.9 Å². The Labute approximate surface area is 161 Å². The van der Waals surface area contributed by atoms with Crippen molar-refractivity contribution >= 4 is 46.8 Å². The molecule has 1 aliphatic rings. The summed E-state index contributed by atoms with van der Waals surface area (Å²) in [6.45, 7) is 1.95. The van der Waals surface area contributed by atoms with E-state index in [1.54, 1.807) is 29.9 Å². The van der Waals surface area contributed by atoms with Gasteiger partial charge in [0.25, 0.3) is 5.91 Å². The van der Waals surface area contributed by atoms with Gasteiger partial charge in [-0.25, -0.2) is 4.68 Å². The Bertz CT molecular complexity index is 929. The van der Waals surface area contributed by atoms with Crippen molar-refractivity contribution in [3.05, 3.63) is 40.8 Å². The number of piperidine rings is 1. The topological polar surface area (TPSA) is 87.6 Å². The van der Waals surface area contributed by atoms with E-state index in [-0.39, 0.29) is 18.3 Å². The van der Waals surface area contributed by atoms with Crippen LogP contribution in [0.3, 0.4) is 0 Å². The molecule has 3 heterocycles. The number of nitrogens with zero attached hydrogens (tertiary/aromatic N) is 3.